The van der Waals surface area contributed by atoms with Gasteiger partial charge in [-0.05, 0) is 42.5 Å². The quantitative estimate of drug-likeness (QED) is 0.391. The topological polar surface area (TPSA) is 109 Å². The van der Waals surface area contributed by atoms with Crippen molar-refractivity contribution in [2.24, 2.45) is 0 Å². The van der Waals surface area contributed by atoms with Gasteiger partial charge in [0.05, 0.1) is 19.1 Å². The minimum Gasteiger partial charge on any atom is -0.493 e. The van der Waals surface area contributed by atoms with Gasteiger partial charge in [-0.2, -0.15) is 4.98 Å². The number of para-hydroxylation sites is 1. The van der Waals surface area contributed by atoms with Crippen LogP contribution in [0.4, 0.5) is 11.6 Å². The van der Waals surface area contributed by atoms with Crippen LogP contribution < -0.4 is 24.3 Å². The molecule has 1 aliphatic rings. The molecule has 1 N–H and O–H groups in total. The minimum atomic E-state index is -4.10. The largest absolute Gasteiger partial charge is 0.493 e. The SMILES string of the molecule is COc1ccc(-c2nc(S(=O)(=O)c3ccc4c(c3)OCCO4)c(Nc3ccccc3)o2)cc1OC. The number of methoxy groups -OCH3 is 2. The van der Waals surface area contributed by atoms with E-state index in [1.165, 1.54) is 26.4 Å². The number of sulfone groups is 1. The van der Waals surface area contributed by atoms with Crippen molar-refractivity contribution in [3.63, 3.8) is 0 Å². The van der Waals surface area contributed by atoms with Crippen molar-refractivity contribution in [2.75, 3.05) is 32.8 Å². The fraction of sp³-hybridized carbons (Fsp3) is 0.160. The average Bonchev–Trinajstić information content (AvgIpc) is 3.33. The number of aromatic nitrogens is 1. The molecule has 9 nitrogen and oxygen atoms in total. The summed E-state index contributed by atoms with van der Waals surface area (Å²) in [5.41, 5.74) is 1.16. The van der Waals surface area contributed by atoms with E-state index in [9.17, 15) is 8.42 Å². The number of anilines is 2. The van der Waals surface area contributed by atoms with Gasteiger partial charge in [0.2, 0.25) is 26.6 Å². The predicted molar refractivity (Wildman–Crippen MR) is 128 cm³/mol. The average molecular weight is 495 g/mol. The number of ether oxygens (including phenoxy) is 4. The molecule has 5 rings (SSSR count). The molecule has 0 bridgehead atoms. The maximum Gasteiger partial charge on any atom is 0.238 e. The maximum atomic E-state index is 13.7. The molecule has 1 aromatic heterocycles. The number of oxazole rings is 1. The first-order valence-electron chi connectivity index (χ1n) is 10.7. The molecule has 180 valence electrons. The third kappa shape index (κ3) is 4.35. The van der Waals surface area contributed by atoms with Crippen LogP contribution in [0.2, 0.25) is 0 Å². The number of hydrogen-bond acceptors (Lipinski definition) is 9. The summed E-state index contributed by atoms with van der Waals surface area (Å²) in [5.74, 6) is 1.91. The highest BCUT2D eigenvalue weighted by Gasteiger charge is 2.30. The lowest BCUT2D eigenvalue weighted by Gasteiger charge is -2.18. The number of hydrogen-bond donors (Lipinski definition) is 1. The molecule has 0 spiro atoms. The molecule has 10 heteroatoms. The zero-order valence-corrected chi connectivity index (χ0v) is 19.8. The fourth-order valence-corrected chi connectivity index (χ4v) is 4.89. The zero-order chi connectivity index (χ0) is 24.4. The van der Waals surface area contributed by atoms with Crippen LogP contribution in [0.3, 0.4) is 0 Å². The molecular formula is C25H22N2O7S. The number of benzene rings is 3. The number of nitrogens with zero attached hydrogens (tertiary/aromatic N) is 1. The summed E-state index contributed by atoms with van der Waals surface area (Å²) >= 11 is 0. The molecule has 1 aliphatic heterocycles. The first-order chi connectivity index (χ1) is 17.0. The van der Waals surface area contributed by atoms with Gasteiger partial charge in [0.15, 0.2) is 23.0 Å². The van der Waals surface area contributed by atoms with Gasteiger partial charge in [0, 0.05) is 17.3 Å². The second kappa shape index (κ2) is 9.22. The third-order valence-electron chi connectivity index (χ3n) is 5.34. The van der Waals surface area contributed by atoms with Crippen molar-refractivity contribution in [1.29, 1.82) is 0 Å². The number of nitrogens with one attached hydrogen (secondary N) is 1. The van der Waals surface area contributed by atoms with E-state index >= 15 is 0 Å². The molecule has 0 saturated carbocycles. The molecule has 0 fully saturated rings. The summed E-state index contributed by atoms with van der Waals surface area (Å²) in [5, 5.41) is 2.77. The van der Waals surface area contributed by atoms with E-state index in [1.807, 2.05) is 18.2 Å². The zero-order valence-electron chi connectivity index (χ0n) is 19.0. The summed E-state index contributed by atoms with van der Waals surface area (Å²) < 4.78 is 55.1. The van der Waals surface area contributed by atoms with Crippen molar-refractivity contribution >= 4 is 21.4 Å². The van der Waals surface area contributed by atoms with Crippen LogP contribution in [0.15, 0.2) is 81.1 Å². The summed E-state index contributed by atoms with van der Waals surface area (Å²) in [6.45, 7) is 0.743. The Bertz CT molecular complexity index is 1470. The highest BCUT2D eigenvalue weighted by molar-refractivity contribution is 7.91. The lowest BCUT2D eigenvalue weighted by atomic mass is 10.2. The lowest BCUT2D eigenvalue weighted by Crippen LogP contribution is -2.16. The molecular weight excluding hydrogens is 472 g/mol. The Hall–Kier alpha value is -4.18. The summed E-state index contributed by atoms with van der Waals surface area (Å²) in [7, 11) is -1.06. The Labute approximate surface area is 202 Å². The summed E-state index contributed by atoms with van der Waals surface area (Å²) in [6, 6.07) is 18.6. The maximum absolute atomic E-state index is 13.7. The molecule has 0 amide bonds. The second-order valence-corrected chi connectivity index (χ2v) is 9.39. The van der Waals surface area contributed by atoms with Gasteiger partial charge in [0.25, 0.3) is 0 Å². The van der Waals surface area contributed by atoms with E-state index < -0.39 is 9.84 Å². The summed E-state index contributed by atoms with van der Waals surface area (Å²) in [6.07, 6.45) is 0. The Kier molecular flexibility index (Phi) is 5.96. The molecule has 0 atom stereocenters. The standard InChI is InChI=1S/C25H22N2O7S/c1-30-19-10-8-16(14-21(19)31-2)23-27-25(24(34-23)26-17-6-4-3-5-7-17)35(28,29)18-9-11-20-22(15-18)33-13-12-32-20/h3-11,14-15,26H,12-13H2,1-2H3. The van der Waals surface area contributed by atoms with Crippen LogP contribution in [0, 0.1) is 0 Å². The van der Waals surface area contributed by atoms with Crippen molar-refractivity contribution in [3.05, 3.63) is 66.7 Å². The highest BCUT2D eigenvalue weighted by Crippen LogP contribution is 2.39. The Morgan fingerprint density at radius 2 is 1.60 bits per heavy atom. The highest BCUT2D eigenvalue weighted by atomic mass is 32.2. The molecule has 35 heavy (non-hydrogen) atoms. The van der Waals surface area contributed by atoms with Gasteiger partial charge < -0.3 is 28.7 Å². The first kappa shape index (κ1) is 22.6. The molecule has 0 saturated heterocycles. The van der Waals surface area contributed by atoms with Crippen molar-refractivity contribution in [1.82, 2.24) is 4.98 Å². The molecule has 0 unspecified atom stereocenters. The molecule has 0 radical (unpaired) electrons. The first-order valence-corrected chi connectivity index (χ1v) is 12.2. The fourth-order valence-electron chi connectivity index (χ4n) is 3.62. The van der Waals surface area contributed by atoms with Crippen LogP contribution in [0.25, 0.3) is 11.5 Å². The monoisotopic (exact) mass is 494 g/mol. The van der Waals surface area contributed by atoms with Gasteiger partial charge in [-0.15, -0.1) is 0 Å². The summed E-state index contributed by atoms with van der Waals surface area (Å²) in [4.78, 5) is 4.39. The van der Waals surface area contributed by atoms with Gasteiger partial charge in [-0.3, -0.25) is 0 Å². The van der Waals surface area contributed by atoms with Crippen LogP contribution in [0.5, 0.6) is 23.0 Å². The minimum absolute atomic E-state index is 0.00465. The third-order valence-corrected chi connectivity index (χ3v) is 7.00. The Balaban J connectivity index is 1.62. The van der Waals surface area contributed by atoms with E-state index in [1.54, 1.807) is 36.4 Å². The van der Waals surface area contributed by atoms with Gasteiger partial charge in [-0.25, -0.2) is 8.42 Å². The van der Waals surface area contributed by atoms with E-state index in [-0.39, 0.29) is 21.7 Å². The van der Waals surface area contributed by atoms with E-state index in [0.717, 1.165) is 0 Å². The van der Waals surface area contributed by atoms with Crippen LogP contribution >= 0.6 is 0 Å². The van der Waals surface area contributed by atoms with E-state index in [2.05, 4.69) is 10.3 Å². The molecule has 2 heterocycles. The van der Waals surface area contributed by atoms with Crippen LogP contribution in [-0.4, -0.2) is 40.8 Å². The lowest BCUT2D eigenvalue weighted by molar-refractivity contribution is 0.171. The number of fused-ring (bicyclic) bond motifs is 1. The van der Waals surface area contributed by atoms with Crippen molar-refractivity contribution in [3.8, 4) is 34.5 Å². The Morgan fingerprint density at radius 3 is 2.34 bits per heavy atom. The van der Waals surface area contributed by atoms with Gasteiger partial charge >= 0.3 is 0 Å². The normalized spacial score (nSPS) is 12.7. The number of rotatable bonds is 7. The Morgan fingerprint density at radius 1 is 0.857 bits per heavy atom. The van der Waals surface area contributed by atoms with Crippen LogP contribution in [0.1, 0.15) is 0 Å². The molecule has 4 aromatic rings. The second-order valence-electron chi connectivity index (χ2n) is 7.52. The van der Waals surface area contributed by atoms with Gasteiger partial charge in [0.1, 0.15) is 13.2 Å². The smallest absolute Gasteiger partial charge is 0.238 e. The van der Waals surface area contributed by atoms with Crippen LogP contribution in [-0.2, 0) is 9.84 Å². The van der Waals surface area contributed by atoms with E-state index in [0.29, 0.717) is 47.5 Å². The van der Waals surface area contributed by atoms with E-state index in [4.69, 9.17) is 23.4 Å². The van der Waals surface area contributed by atoms with Gasteiger partial charge in [-0.1, -0.05) is 18.2 Å². The van der Waals surface area contributed by atoms with Crippen molar-refractivity contribution in [2.45, 2.75) is 9.92 Å². The predicted octanol–water partition coefficient (Wildman–Crippen LogP) is 4.71. The molecule has 0 aliphatic carbocycles. The molecule has 3 aromatic carbocycles. The van der Waals surface area contributed by atoms with Crippen molar-refractivity contribution < 1.29 is 31.8 Å².